The number of rotatable bonds is 7. The third-order valence-corrected chi connectivity index (χ3v) is 6.36. The predicted molar refractivity (Wildman–Crippen MR) is 131 cm³/mol. The second-order valence-electron chi connectivity index (χ2n) is 7.75. The van der Waals surface area contributed by atoms with Crippen LogP contribution in [0.2, 0.25) is 0 Å². The third-order valence-electron chi connectivity index (χ3n) is 5.19. The average molecular weight is 544 g/mol. The summed E-state index contributed by atoms with van der Waals surface area (Å²) >= 11 is 0. The average Bonchev–Trinajstić information content (AvgIpc) is 3.15. The molecule has 1 amide bonds. The number of carbonyl (C=O) groups excluding carboxylic acids is 1. The van der Waals surface area contributed by atoms with Crippen molar-refractivity contribution in [2.75, 3.05) is 33.6 Å². The fraction of sp³-hybridized carbons (Fsp3) is 0.238. The zero-order chi connectivity index (χ0) is 25.4. The molecular formula is C21H21ClF3N7O3S. The summed E-state index contributed by atoms with van der Waals surface area (Å²) in [4.78, 5) is 23.4. The van der Waals surface area contributed by atoms with Crippen LogP contribution in [0.4, 0.5) is 42.1 Å². The fourth-order valence-corrected chi connectivity index (χ4v) is 3.89. The van der Waals surface area contributed by atoms with E-state index >= 15 is 0 Å². The van der Waals surface area contributed by atoms with Gasteiger partial charge in [0.2, 0.25) is 21.9 Å². The smallest absolute Gasteiger partial charge is 0.365 e. The van der Waals surface area contributed by atoms with Crippen LogP contribution in [-0.4, -0.2) is 42.6 Å². The van der Waals surface area contributed by atoms with Gasteiger partial charge in [-0.15, -0.1) is 12.4 Å². The van der Waals surface area contributed by atoms with Gasteiger partial charge in [-0.05, 0) is 29.8 Å². The van der Waals surface area contributed by atoms with E-state index in [1.807, 2.05) is 0 Å². The van der Waals surface area contributed by atoms with Crippen molar-refractivity contribution in [1.29, 1.82) is 0 Å². The summed E-state index contributed by atoms with van der Waals surface area (Å²) < 4.78 is 65.6. The molecule has 3 N–H and O–H groups in total. The van der Waals surface area contributed by atoms with E-state index in [-0.39, 0.29) is 43.0 Å². The maximum atomic E-state index is 13.6. The Morgan fingerprint density at radius 3 is 2.64 bits per heavy atom. The van der Waals surface area contributed by atoms with Crippen molar-refractivity contribution in [3.8, 4) is 0 Å². The van der Waals surface area contributed by atoms with Gasteiger partial charge in [-0.1, -0.05) is 6.07 Å². The maximum absolute atomic E-state index is 13.6. The number of amides is 1. The molecule has 0 fully saturated rings. The monoisotopic (exact) mass is 543 g/mol. The fourth-order valence-electron chi connectivity index (χ4n) is 3.41. The number of nitrogens with zero attached hydrogens (tertiary/aromatic N) is 4. The second-order valence-corrected chi connectivity index (χ2v) is 9.76. The quantitative estimate of drug-likeness (QED) is 0.412. The van der Waals surface area contributed by atoms with Crippen LogP contribution in [0.3, 0.4) is 0 Å². The first-order valence-corrected chi connectivity index (χ1v) is 12.0. The summed E-state index contributed by atoms with van der Waals surface area (Å²) in [6, 6.07) is 8.09. The summed E-state index contributed by atoms with van der Waals surface area (Å²) in [5.41, 5.74) is 1.16. The summed E-state index contributed by atoms with van der Waals surface area (Å²) in [6.07, 6.45) is -1.51. The van der Waals surface area contributed by atoms with Crippen LogP contribution in [0.1, 0.15) is 16.7 Å². The van der Waals surface area contributed by atoms with Gasteiger partial charge >= 0.3 is 6.18 Å². The number of anilines is 5. The van der Waals surface area contributed by atoms with Gasteiger partial charge in [-0.2, -0.15) is 18.2 Å². The molecule has 36 heavy (non-hydrogen) atoms. The van der Waals surface area contributed by atoms with E-state index in [9.17, 15) is 26.4 Å². The highest BCUT2D eigenvalue weighted by Crippen LogP contribution is 2.35. The molecule has 0 radical (unpaired) electrons. The number of pyridine rings is 1. The normalized spacial score (nSPS) is 12.9. The first kappa shape index (κ1) is 26.9. The van der Waals surface area contributed by atoms with Crippen molar-refractivity contribution in [2.45, 2.75) is 19.1 Å². The minimum atomic E-state index is -4.73. The number of carbonyl (C=O) groups is 1. The van der Waals surface area contributed by atoms with Crippen LogP contribution in [-0.2, 0) is 34.0 Å². The van der Waals surface area contributed by atoms with Crippen molar-refractivity contribution in [3.05, 3.63) is 59.4 Å². The van der Waals surface area contributed by atoms with E-state index < -0.39 is 27.6 Å². The molecule has 0 saturated heterocycles. The van der Waals surface area contributed by atoms with Gasteiger partial charge in [0.15, 0.2) is 0 Å². The molecule has 2 aromatic heterocycles. The number of sulfonamides is 1. The second kappa shape index (κ2) is 10.1. The number of aromatic nitrogens is 3. The first-order chi connectivity index (χ1) is 16.4. The molecule has 3 aromatic rings. The molecule has 0 aliphatic carbocycles. The van der Waals surface area contributed by atoms with Crippen LogP contribution in [0.5, 0.6) is 0 Å². The van der Waals surface area contributed by atoms with Gasteiger partial charge in [-0.3, -0.25) is 9.10 Å². The highest BCUT2D eigenvalue weighted by Gasteiger charge is 2.35. The van der Waals surface area contributed by atoms with Crippen molar-refractivity contribution < 1.29 is 26.4 Å². The Kier molecular flexibility index (Phi) is 7.59. The lowest BCUT2D eigenvalue weighted by Gasteiger charge is -2.20. The van der Waals surface area contributed by atoms with E-state index in [1.54, 1.807) is 30.3 Å². The van der Waals surface area contributed by atoms with Crippen LogP contribution < -0.4 is 20.3 Å². The zero-order valence-electron chi connectivity index (χ0n) is 18.9. The molecular weight excluding hydrogens is 523 g/mol. The lowest BCUT2D eigenvalue weighted by atomic mass is 10.1. The third kappa shape index (κ3) is 5.94. The molecule has 4 rings (SSSR count). The standard InChI is InChI=1S/C21H20F3N7O3S.ClH/c1-31(35(2,33)34)19-12(4-3-7-25-19)10-26-18-15(21(22,23)24)11-27-20(30-18)28-14-5-6-16-13(8-14)9-17(32)29-16;/h3-8,11H,9-10H2,1-2H3,(H,29,32)(H2,26,27,28,30);1H. The highest BCUT2D eigenvalue weighted by molar-refractivity contribution is 7.92. The lowest BCUT2D eigenvalue weighted by Crippen LogP contribution is -2.27. The molecule has 0 unspecified atom stereocenters. The summed E-state index contributed by atoms with van der Waals surface area (Å²) in [6.45, 7) is -0.185. The Bertz CT molecular complexity index is 1400. The minimum absolute atomic E-state index is 0. The van der Waals surface area contributed by atoms with Crippen molar-refractivity contribution in [2.24, 2.45) is 0 Å². The van der Waals surface area contributed by atoms with Gasteiger partial charge in [-0.25, -0.2) is 18.4 Å². The Balaban J connectivity index is 0.00000361. The maximum Gasteiger partial charge on any atom is 0.421 e. The predicted octanol–water partition coefficient (Wildman–Crippen LogP) is 3.56. The van der Waals surface area contributed by atoms with E-state index in [4.69, 9.17) is 0 Å². The van der Waals surface area contributed by atoms with Gasteiger partial charge < -0.3 is 16.0 Å². The Morgan fingerprint density at radius 2 is 1.94 bits per heavy atom. The van der Waals surface area contributed by atoms with Gasteiger partial charge in [0.25, 0.3) is 0 Å². The van der Waals surface area contributed by atoms with Crippen LogP contribution in [0.15, 0.2) is 42.7 Å². The number of nitrogens with one attached hydrogen (secondary N) is 3. The van der Waals surface area contributed by atoms with E-state index in [0.717, 1.165) is 16.1 Å². The first-order valence-electron chi connectivity index (χ1n) is 10.2. The molecule has 10 nitrogen and oxygen atoms in total. The molecule has 0 bridgehead atoms. The minimum Gasteiger partial charge on any atom is -0.365 e. The molecule has 0 spiro atoms. The summed E-state index contributed by atoms with van der Waals surface area (Å²) in [5.74, 6) is -0.669. The van der Waals surface area contributed by atoms with Crippen molar-refractivity contribution >= 4 is 57.3 Å². The highest BCUT2D eigenvalue weighted by atomic mass is 35.5. The Morgan fingerprint density at radius 1 is 1.19 bits per heavy atom. The number of fused-ring (bicyclic) bond motifs is 1. The molecule has 3 heterocycles. The number of halogens is 4. The van der Waals surface area contributed by atoms with Crippen molar-refractivity contribution in [1.82, 2.24) is 15.0 Å². The Hall–Kier alpha value is -3.65. The molecule has 0 atom stereocenters. The van der Waals surface area contributed by atoms with Crippen LogP contribution in [0.25, 0.3) is 0 Å². The zero-order valence-corrected chi connectivity index (χ0v) is 20.6. The number of hydrogen-bond donors (Lipinski definition) is 3. The Labute approximate surface area is 210 Å². The molecule has 0 saturated carbocycles. The van der Waals surface area contributed by atoms with Gasteiger partial charge in [0.05, 0.1) is 12.7 Å². The molecule has 1 aliphatic heterocycles. The molecule has 192 valence electrons. The van der Waals surface area contributed by atoms with E-state index in [2.05, 4.69) is 30.9 Å². The molecule has 1 aliphatic rings. The van der Waals surface area contributed by atoms with Gasteiger partial charge in [0, 0.05) is 42.9 Å². The van der Waals surface area contributed by atoms with Crippen molar-refractivity contribution in [3.63, 3.8) is 0 Å². The van der Waals surface area contributed by atoms with Gasteiger partial charge in [0.1, 0.15) is 17.2 Å². The van der Waals surface area contributed by atoms with Crippen LogP contribution in [0, 0.1) is 0 Å². The molecule has 1 aromatic carbocycles. The number of benzene rings is 1. The topological polar surface area (TPSA) is 129 Å². The van der Waals surface area contributed by atoms with E-state index in [0.29, 0.717) is 23.1 Å². The van der Waals surface area contributed by atoms with Crippen LogP contribution >= 0.6 is 12.4 Å². The SMILES string of the molecule is CN(c1ncccc1CNc1nc(Nc2ccc3c(c2)CC(=O)N3)ncc1C(F)(F)F)S(C)(=O)=O.Cl. The number of alkyl halides is 3. The lowest BCUT2D eigenvalue weighted by molar-refractivity contribution is -0.137. The summed E-state index contributed by atoms with van der Waals surface area (Å²) in [7, 11) is -2.34. The largest absolute Gasteiger partial charge is 0.421 e. The number of hydrogen-bond acceptors (Lipinski definition) is 8. The van der Waals surface area contributed by atoms with E-state index in [1.165, 1.54) is 13.2 Å². The molecule has 15 heteroatoms. The summed E-state index contributed by atoms with van der Waals surface area (Å²) in [5, 5.41) is 8.17.